The molecule has 1 N–H and O–H groups in total. The molecule has 0 radical (unpaired) electrons. The third-order valence-corrected chi connectivity index (χ3v) is 4.24. The summed E-state index contributed by atoms with van der Waals surface area (Å²) in [6, 6.07) is 5.49. The summed E-state index contributed by atoms with van der Waals surface area (Å²) in [4.78, 5) is 14.3. The highest BCUT2D eigenvalue weighted by Gasteiger charge is 2.37. The van der Waals surface area contributed by atoms with E-state index in [1.165, 1.54) is 0 Å². The first kappa shape index (κ1) is 18.6. The molecule has 5 heteroatoms. The van der Waals surface area contributed by atoms with Gasteiger partial charge in [0.25, 0.3) is 0 Å². The van der Waals surface area contributed by atoms with Crippen LogP contribution < -0.4 is 4.74 Å². The fourth-order valence-electron chi connectivity index (χ4n) is 3.26. The van der Waals surface area contributed by atoms with E-state index in [1.807, 2.05) is 45.9 Å². The second kappa shape index (κ2) is 7.43. The molecule has 24 heavy (non-hydrogen) atoms. The molecule has 0 spiro atoms. The Morgan fingerprint density at radius 3 is 2.67 bits per heavy atom. The molecule has 1 amide bonds. The molecular weight excluding hydrogens is 306 g/mol. The van der Waals surface area contributed by atoms with Gasteiger partial charge in [0, 0.05) is 12.1 Å². The Balaban J connectivity index is 2.30. The van der Waals surface area contributed by atoms with Crippen molar-refractivity contribution < 1.29 is 19.4 Å². The summed E-state index contributed by atoms with van der Waals surface area (Å²) in [5.74, 6) is 0.672. The van der Waals surface area contributed by atoms with Crippen LogP contribution in [0.25, 0.3) is 0 Å². The minimum absolute atomic E-state index is 0.302. The first-order valence-electron chi connectivity index (χ1n) is 8.62. The fraction of sp³-hybridized carbons (Fsp3) is 0.632. The number of nitrogens with zero attached hydrogens (tertiary/aromatic N) is 1. The van der Waals surface area contributed by atoms with Crippen molar-refractivity contribution in [2.75, 3.05) is 13.7 Å². The number of aliphatic hydroxyl groups is 1. The predicted octanol–water partition coefficient (Wildman–Crippen LogP) is 3.69. The minimum atomic E-state index is -0.774. The second-order valence-electron chi connectivity index (χ2n) is 7.26. The number of hydrogen-bond donors (Lipinski definition) is 1. The topological polar surface area (TPSA) is 59.0 Å². The summed E-state index contributed by atoms with van der Waals surface area (Å²) in [5, 5.41) is 10.9. The molecule has 1 aliphatic carbocycles. The quantitative estimate of drug-likeness (QED) is 0.911. The van der Waals surface area contributed by atoms with Gasteiger partial charge in [0.1, 0.15) is 17.5 Å². The van der Waals surface area contributed by atoms with E-state index in [0.29, 0.717) is 18.7 Å². The molecular formula is C19H29NO4. The van der Waals surface area contributed by atoms with E-state index in [-0.39, 0.29) is 12.1 Å². The van der Waals surface area contributed by atoms with Gasteiger partial charge in [0.15, 0.2) is 0 Å². The van der Waals surface area contributed by atoms with E-state index < -0.39 is 11.7 Å². The van der Waals surface area contributed by atoms with Crippen molar-refractivity contribution in [3.05, 3.63) is 29.3 Å². The average molecular weight is 335 g/mol. The minimum Gasteiger partial charge on any atom is -0.496 e. The molecule has 1 aliphatic rings. The van der Waals surface area contributed by atoms with Crippen molar-refractivity contribution in [2.24, 2.45) is 0 Å². The van der Waals surface area contributed by atoms with Gasteiger partial charge in [0.2, 0.25) is 0 Å². The number of carbonyl (C=O) groups is 1. The van der Waals surface area contributed by atoms with Crippen LogP contribution in [0, 0.1) is 0 Å². The molecule has 0 aromatic heterocycles. The third-order valence-electron chi connectivity index (χ3n) is 4.24. The molecule has 0 unspecified atom stereocenters. The van der Waals surface area contributed by atoms with E-state index in [2.05, 4.69) is 0 Å². The number of benzene rings is 1. The van der Waals surface area contributed by atoms with Gasteiger partial charge in [-0.2, -0.15) is 0 Å². The number of amides is 1. The molecule has 0 saturated carbocycles. The molecule has 2 atom stereocenters. The van der Waals surface area contributed by atoms with Crippen LogP contribution in [0.2, 0.25) is 0 Å². The van der Waals surface area contributed by atoms with Crippen LogP contribution >= 0.6 is 0 Å². The molecule has 0 aliphatic heterocycles. The maximum atomic E-state index is 12.6. The lowest BCUT2D eigenvalue weighted by Crippen LogP contribution is -2.48. The number of rotatable bonds is 4. The van der Waals surface area contributed by atoms with Crippen molar-refractivity contribution in [1.82, 2.24) is 4.90 Å². The molecule has 0 heterocycles. The Morgan fingerprint density at radius 1 is 1.38 bits per heavy atom. The van der Waals surface area contributed by atoms with Crippen LogP contribution in [0.15, 0.2) is 18.2 Å². The number of fused-ring (bicyclic) bond motifs is 1. The Labute approximate surface area is 144 Å². The lowest BCUT2D eigenvalue weighted by Gasteiger charge is -2.39. The van der Waals surface area contributed by atoms with Gasteiger partial charge in [-0.25, -0.2) is 4.79 Å². The van der Waals surface area contributed by atoms with Gasteiger partial charge >= 0.3 is 6.09 Å². The van der Waals surface area contributed by atoms with Crippen LogP contribution in [0.5, 0.6) is 5.75 Å². The molecule has 2 rings (SSSR count). The number of carbonyl (C=O) groups excluding carboxylic acids is 1. The van der Waals surface area contributed by atoms with E-state index in [0.717, 1.165) is 24.0 Å². The van der Waals surface area contributed by atoms with Crippen molar-refractivity contribution in [1.29, 1.82) is 0 Å². The van der Waals surface area contributed by atoms with Crippen LogP contribution in [0.1, 0.15) is 57.8 Å². The molecule has 1 aromatic rings. The normalized spacial score (nSPS) is 20.2. The van der Waals surface area contributed by atoms with Gasteiger partial charge in [-0.1, -0.05) is 19.1 Å². The van der Waals surface area contributed by atoms with E-state index >= 15 is 0 Å². The SMILES string of the molecule is CCCN(C(=O)OC(C)(C)C)[C@H]1CCc2cccc(OC)c2[C@@H]1O. The van der Waals surface area contributed by atoms with Gasteiger partial charge in [-0.15, -0.1) is 0 Å². The van der Waals surface area contributed by atoms with Crippen molar-refractivity contribution in [3.8, 4) is 5.75 Å². The number of hydrogen-bond acceptors (Lipinski definition) is 4. The first-order valence-corrected chi connectivity index (χ1v) is 8.62. The molecule has 5 nitrogen and oxygen atoms in total. The van der Waals surface area contributed by atoms with Gasteiger partial charge in [-0.05, 0) is 51.7 Å². The highest BCUT2D eigenvalue weighted by atomic mass is 16.6. The lowest BCUT2D eigenvalue weighted by molar-refractivity contribution is -0.0114. The summed E-state index contributed by atoms with van der Waals surface area (Å²) in [6.45, 7) is 8.13. The number of aliphatic hydroxyl groups excluding tert-OH is 1. The van der Waals surface area contributed by atoms with Crippen LogP contribution in [0.3, 0.4) is 0 Å². The number of ether oxygens (including phenoxy) is 2. The fourth-order valence-corrected chi connectivity index (χ4v) is 3.26. The highest BCUT2D eigenvalue weighted by Crippen LogP contribution is 2.39. The Morgan fingerprint density at radius 2 is 2.08 bits per heavy atom. The standard InChI is InChI=1S/C19H29NO4/c1-6-12-20(18(22)24-19(2,3)4)14-11-10-13-8-7-9-15(23-5)16(13)17(14)21/h7-9,14,17,21H,6,10-12H2,1-5H3/t14-,17+/m0/s1. The highest BCUT2D eigenvalue weighted by molar-refractivity contribution is 5.69. The predicted molar refractivity (Wildman–Crippen MR) is 93.3 cm³/mol. The second-order valence-corrected chi connectivity index (χ2v) is 7.26. The Hall–Kier alpha value is -1.75. The van der Waals surface area contributed by atoms with Crippen molar-refractivity contribution >= 4 is 6.09 Å². The summed E-state index contributed by atoms with van der Waals surface area (Å²) < 4.78 is 11.0. The third kappa shape index (κ3) is 4.01. The summed E-state index contributed by atoms with van der Waals surface area (Å²) in [7, 11) is 1.60. The zero-order chi connectivity index (χ0) is 17.9. The van der Waals surface area contributed by atoms with E-state index in [4.69, 9.17) is 9.47 Å². The largest absolute Gasteiger partial charge is 0.496 e. The van der Waals surface area contributed by atoms with Crippen molar-refractivity contribution in [3.63, 3.8) is 0 Å². The van der Waals surface area contributed by atoms with Gasteiger partial charge < -0.3 is 19.5 Å². The summed E-state index contributed by atoms with van der Waals surface area (Å²) >= 11 is 0. The van der Waals surface area contributed by atoms with Crippen LogP contribution in [-0.4, -0.2) is 41.4 Å². The molecule has 134 valence electrons. The van der Waals surface area contributed by atoms with Gasteiger partial charge in [-0.3, -0.25) is 0 Å². The van der Waals surface area contributed by atoms with E-state index in [9.17, 15) is 9.90 Å². The molecule has 0 saturated heterocycles. The maximum absolute atomic E-state index is 12.6. The Bertz CT molecular complexity index is 565. The Kier molecular flexibility index (Phi) is 5.75. The lowest BCUT2D eigenvalue weighted by atomic mass is 9.84. The number of aryl methyl sites for hydroxylation is 1. The van der Waals surface area contributed by atoms with Crippen LogP contribution in [0.4, 0.5) is 4.79 Å². The first-order chi connectivity index (χ1) is 11.3. The average Bonchev–Trinajstić information content (AvgIpc) is 2.51. The molecule has 0 fully saturated rings. The maximum Gasteiger partial charge on any atom is 0.410 e. The summed E-state index contributed by atoms with van der Waals surface area (Å²) in [6.07, 6.45) is 1.18. The summed E-state index contributed by atoms with van der Waals surface area (Å²) in [5.41, 5.74) is 1.32. The molecule has 1 aromatic carbocycles. The van der Waals surface area contributed by atoms with Crippen molar-refractivity contribution in [2.45, 2.75) is 64.7 Å². The van der Waals surface area contributed by atoms with Gasteiger partial charge in [0.05, 0.1) is 13.2 Å². The number of methoxy groups -OCH3 is 1. The monoisotopic (exact) mass is 335 g/mol. The molecule has 0 bridgehead atoms. The smallest absolute Gasteiger partial charge is 0.410 e. The zero-order valence-electron chi connectivity index (χ0n) is 15.3. The zero-order valence-corrected chi connectivity index (χ0v) is 15.3. The van der Waals surface area contributed by atoms with E-state index in [1.54, 1.807) is 12.0 Å². The van der Waals surface area contributed by atoms with Crippen LogP contribution in [-0.2, 0) is 11.2 Å².